The van der Waals surface area contributed by atoms with E-state index in [9.17, 15) is 4.79 Å². The molecule has 1 N–H and O–H groups in total. The molecule has 0 aliphatic carbocycles. The average Bonchev–Trinajstić information content (AvgIpc) is 3.45. The molecule has 3 heterocycles. The summed E-state index contributed by atoms with van der Waals surface area (Å²) < 4.78 is 3.50. The number of aryl methyl sites for hydroxylation is 1. The summed E-state index contributed by atoms with van der Waals surface area (Å²) in [6.45, 7) is 12.1. The molecule has 0 saturated carbocycles. The number of aromatic nitrogens is 6. The highest BCUT2D eigenvalue weighted by Gasteiger charge is 2.26. The summed E-state index contributed by atoms with van der Waals surface area (Å²) in [5.41, 5.74) is 3.76. The van der Waals surface area contributed by atoms with Gasteiger partial charge >= 0.3 is 0 Å². The van der Waals surface area contributed by atoms with Crippen LogP contribution in [0.5, 0.6) is 0 Å². The van der Waals surface area contributed by atoms with E-state index < -0.39 is 0 Å². The zero-order chi connectivity index (χ0) is 24.5. The molecule has 4 aromatic rings. The average molecular weight is 462 g/mol. The normalized spacial score (nSPS) is 12.1. The lowest BCUT2D eigenvalue weighted by molar-refractivity contribution is 0.478. The molecule has 0 fully saturated rings. The predicted molar refractivity (Wildman–Crippen MR) is 137 cm³/mol. The number of nitrogens with one attached hydrogen (secondary N) is 1. The number of hydrogen-bond donors (Lipinski definition) is 1. The Bertz CT molecular complexity index is 1310. The second-order valence-electron chi connectivity index (χ2n) is 9.99. The standard InChI is InChI=1S/C26H35N7O/c1-7-18(8-2)16-32(17-19-11-9-12-20(15-19)33-14-10-13-27-33)25-28-21-22(24(34)29-25)31(6)30-23(21)26(3,4)5/h9-15,18H,7-8,16-17H2,1-6H3,(H,28,29,34). The summed E-state index contributed by atoms with van der Waals surface area (Å²) in [5, 5.41) is 9.00. The summed E-state index contributed by atoms with van der Waals surface area (Å²) in [6, 6.07) is 10.2. The first-order chi connectivity index (χ1) is 16.2. The lowest BCUT2D eigenvalue weighted by Gasteiger charge is -2.27. The Hall–Kier alpha value is -3.42. The molecule has 4 rings (SSSR count). The zero-order valence-corrected chi connectivity index (χ0v) is 21.0. The van der Waals surface area contributed by atoms with Crippen molar-refractivity contribution in [2.75, 3.05) is 11.4 Å². The van der Waals surface area contributed by atoms with E-state index in [2.05, 4.69) is 66.8 Å². The Morgan fingerprint density at radius 1 is 1.15 bits per heavy atom. The number of rotatable bonds is 8. The molecular formula is C26H35N7O. The van der Waals surface area contributed by atoms with Crippen LogP contribution in [0.1, 0.15) is 58.7 Å². The summed E-state index contributed by atoms with van der Waals surface area (Å²) in [6.07, 6.45) is 5.83. The second-order valence-corrected chi connectivity index (χ2v) is 9.99. The number of hydrogen-bond acceptors (Lipinski definition) is 5. The minimum atomic E-state index is -0.226. The largest absolute Gasteiger partial charge is 0.338 e. The van der Waals surface area contributed by atoms with Crippen LogP contribution in [0.4, 0.5) is 5.95 Å². The predicted octanol–water partition coefficient (Wildman–Crippen LogP) is 4.58. The maximum atomic E-state index is 13.2. The Kier molecular flexibility index (Phi) is 6.59. The summed E-state index contributed by atoms with van der Waals surface area (Å²) >= 11 is 0. The lowest BCUT2D eigenvalue weighted by Crippen LogP contribution is -2.32. The summed E-state index contributed by atoms with van der Waals surface area (Å²) in [4.78, 5) is 23.4. The van der Waals surface area contributed by atoms with Crippen LogP contribution in [0.3, 0.4) is 0 Å². The first kappa shape index (κ1) is 23.7. The molecule has 3 aromatic heterocycles. The van der Waals surface area contributed by atoms with E-state index in [0.717, 1.165) is 36.3 Å². The first-order valence-electron chi connectivity index (χ1n) is 12.0. The van der Waals surface area contributed by atoms with E-state index in [1.807, 2.05) is 29.1 Å². The maximum Gasteiger partial charge on any atom is 0.278 e. The van der Waals surface area contributed by atoms with Gasteiger partial charge in [-0.15, -0.1) is 0 Å². The van der Waals surface area contributed by atoms with E-state index in [1.165, 1.54) is 0 Å². The third-order valence-electron chi connectivity index (χ3n) is 6.38. The molecule has 1 aromatic carbocycles. The molecule has 0 spiro atoms. The van der Waals surface area contributed by atoms with Crippen LogP contribution in [-0.2, 0) is 19.0 Å². The molecule has 180 valence electrons. The molecule has 0 bridgehead atoms. The molecule has 8 heteroatoms. The van der Waals surface area contributed by atoms with Crippen LogP contribution < -0.4 is 10.5 Å². The van der Waals surface area contributed by atoms with Gasteiger partial charge in [-0.3, -0.25) is 14.5 Å². The fraction of sp³-hybridized carbons (Fsp3) is 0.462. The third kappa shape index (κ3) is 4.76. The monoisotopic (exact) mass is 461 g/mol. The number of benzene rings is 1. The molecule has 0 aliphatic heterocycles. The highest BCUT2D eigenvalue weighted by atomic mass is 16.1. The molecule has 0 atom stereocenters. The van der Waals surface area contributed by atoms with E-state index in [-0.39, 0.29) is 11.0 Å². The Morgan fingerprint density at radius 2 is 1.91 bits per heavy atom. The van der Waals surface area contributed by atoms with Crippen molar-refractivity contribution in [3.8, 4) is 5.69 Å². The van der Waals surface area contributed by atoms with Crippen molar-refractivity contribution in [1.82, 2.24) is 29.5 Å². The Labute approximate surface area is 200 Å². The lowest BCUT2D eigenvalue weighted by atomic mass is 9.91. The maximum absolute atomic E-state index is 13.2. The summed E-state index contributed by atoms with van der Waals surface area (Å²) in [7, 11) is 1.80. The molecule has 0 radical (unpaired) electrons. The number of H-pyrrole nitrogens is 1. The molecule has 0 unspecified atom stereocenters. The van der Waals surface area contributed by atoms with Gasteiger partial charge in [0.1, 0.15) is 5.52 Å². The Morgan fingerprint density at radius 3 is 2.56 bits per heavy atom. The van der Waals surface area contributed by atoms with E-state index >= 15 is 0 Å². The van der Waals surface area contributed by atoms with Crippen LogP contribution in [0, 0.1) is 5.92 Å². The van der Waals surface area contributed by atoms with Crippen molar-refractivity contribution < 1.29 is 0 Å². The van der Waals surface area contributed by atoms with Gasteiger partial charge in [0, 0.05) is 37.9 Å². The van der Waals surface area contributed by atoms with Gasteiger partial charge in [-0.2, -0.15) is 10.2 Å². The van der Waals surface area contributed by atoms with Gasteiger partial charge in [-0.05, 0) is 29.7 Å². The van der Waals surface area contributed by atoms with Gasteiger partial charge in [0.2, 0.25) is 5.95 Å². The second kappa shape index (κ2) is 9.44. The van der Waals surface area contributed by atoms with Crippen molar-refractivity contribution in [3.05, 3.63) is 64.3 Å². The van der Waals surface area contributed by atoms with Crippen LogP contribution in [0.15, 0.2) is 47.5 Å². The van der Waals surface area contributed by atoms with E-state index in [4.69, 9.17) is 4.98 Å². The fourth-order valence-corrected chi connectivity index (χ4v) is 4.35. The topological polar surface area (TPSA) is 84.6 Å². The smallest absolute Gasteiger partial charge is 0.278 e. The minimum Gasteiger partial charge on any atom is -0.338 e. The van der Waals surface area contributed by atoms with Crippen LogP contribution in [0.2, 0.25) is 0 Å². The molecule has 0 saturated heterocycles. The quantitative estimate of drug-likeness (QED) is 0.415. The zero-order valence-electron chi connectivity index (χ0n) is 21.0. The van der Waals surface area contributed by atoms with Gasteiger partial charge in [-0.1, -0.05) is 59.6 Å². The van der Waals surface area contributed by atoms with Crippen LogP contribution >= 0.6 is 0 Å². The van der Waals surface area contributed by atoms with E-state index in [0.29, 0.717) is 29.4 Å². The summed E-state index contributed by atoms with van der Waals surface area (Å²) in [5.74, 6) is 1.08. The minimum absolute atomic E-state index is 0.162. The molecular weight excluding hydrogens is 426 g/mol. The molecule has 8 nitrogen and oxygen atoms in total. The highest BCUT2D eigenvalue weighted by molar-refractivity contribution is 5.78. The van der Waals surface area contributed by atoms with Gasteiger partial charge in [0.15, 0.2) is 5.52 Å². The number of nitrogens with zero attached hydrogens (tertiary/aromatic N) is 6. The van der Waals surface area contributed by atoms with E-state index in [1.54, 1.807) is 17.9 Å². The van der Waals surface area contributed by atoms with Crippen LogP contribution in [0.25, 0.3) is 16.7 Å². The van der Waals surface area contributed by atoms with Gasteiger partial charge in [-0.25, -0.2) is 9.67 Å². The molecule has 0 amide bonds. The molecule has 34 heavy (non-hydrogen) atoms. The number of fused-ring (bicyclic) bond motifs is 1. The number of anilines is 1. The SMILES string of the molecule is CCC(CC)CN(Cc1cccc(-n2cccn2)c1)c1nc2c(C(C)(C)C)nn(C)c2c(=O)[nH]1. The third-order valence-corrected chi connectivity index (χ3v) is 6.38. The van der Waals surface area contributed by atoms with Crippen molar-refractivity contribution in [3.63, 3.8) is 0 Å². The first-order valence-corrected chi connectivity index (χ1v) is 12.0. The fourth-order valence-electron chi connectivity index (χ4n) is 4.35. The van der Waals surface area contributed by atoms with Gasteiger partial charge in [0.05, 0.1) is 11.4 Å². The Balaban J connectivity index is 1.79. The number of aromatic amines is 1. The van der Waals surface area contributed by atoms with Crippen molar-refractivity contribution in [2.24, 2.45) is 13.0 Å². The van der Waals surface area contributed by atoms with Crippen molar-refractivity contribution in [2.45, 2.75) is 59.4 Å². The molecule has 0 aliphatic rings. The van der Waals surface area contributed by atoms with Gasteiger partial charge in [0.25, 0.3) is 5.56 Å². The van der Waals surface area contributed by atoms with Crippen molar-refractivity contribution in [1.29, 1.82) is 0 Å². The van der Waals surface area contributed by atoms with Gasteiger partial charge < -0.3 is 4.90 Å². The van der Waals surface area contributed by atoms with Crippen LogP contribution in [-0.4, -0.2) is 36.1 Å². The highest BCUT2D eigenvalue weighted by Crippen LogP contribution is 2.28. The van der Waals surface area contributed by atoms with Crippen molar-refractivity contribution >= 4 is 17.0 Å².